The van der Waals surface area contributed by atoms with E-state index in [1.165, 1.54) is 3.88 Å². The van der Waals surface area contributed by atoms with Crippen LogP contribution in [-0.4, -0.2) is 50.7 Å². The molecule has 0 aliphatic rings. The van der Waals surface area contributed by atoms with Crippen molar-refractivity contribution in [2.24, 2.45) is 4.99 Å². The molecular formula is C7H15N2Te. The van der Waals surface area contributed by atoms with Crippen LogP contribution in [0.3, 0.4) is 0 Å². The number of aliphatic imine (C=N–C) groups is 1. The zero-order chi connectivity index (χ0) is 7.98. The topological polar surface area (TPSA) is 15.6 Å². The Bertz CT molecular complexity index is 108. The zero-order valence-corrected chi connectivity index (χ0v) is 9.25. The molecule has 0 unspecified atom stereocenters. The van der Waals surface area contributed by atoms with Crippen LogP contribution in [0.2, 0.25) is 0 Å². The van der Waals surface area contributed by atoms with E-state index in [1.807, 2.05) is 22.3 Å². The molecule has 0 aromatic carbocycles. The van der Waals surface area contributed by atoms with Crippen LogP contribution in [0.4, 0.5) is 0 Å². The maximum absolute atomic E-state index is 4.31. The molecule has 0 spiro atoms. The molecule has 3 heteroatoms. The average Bonchev–Trinajstić information content (AvgIpc) is 1.91. The molecule has 59 valence electrons. The Hall–Kier alpha value is 0.260. The minimum atomic E-state index is 0.894. The van der Waals surface area contributed by atoms with E-state index in [2.05, 4.69) is 30.7 Å². The monoisotopic (exact) mass is 257 g/mol. The normalized spacial score (nSPS) is 11.7. The molecule has 0 N–H and O–H groups in total. The van der Waals surface area contributed by atoms with Gasteiger partial charge in [0.05, 0.1) is 0 Å². The Morgan fingerprint density at radius 1 is 1.30 bits per heavy atom. The van der Waals surface area contributed by atoms with Gasteiger partial charge in [0, 0.05) is 0 Å². The molecule has 1 radical (unpaired) electrons. The maximum atomic E-state index is 4.31. The number of nitrogens with zero attached hydrogens (tertiary/aromatic N) is 2. The molecular weight excluding hydrogens is 240 g/mol. The van der Waals surface area contributed by atoms with Crippen LogP contribution in [0.1, 0.15) is 20.8 Å². The van der Waals surface area contributed by atoms with Crippen molar-refractivity contribution >= 4 is 26.2 Å². The molecule has 0 saturated carbocycles. The summed E-state index contributed by atoms with van der Waals surface area (Å²) in [7, 11) is 0. The van der Waals surface area contributed by atoms with Gasteiger partial charge in [0.1, 0.15) is 0 Å². The van der Waals surface area contributed by atoms with E-state index in [4.69, 9.17) is 0 Å². The molecule has 0 rings (SSSR count). The number of rotatable bonds is 3. The second kappa shape index (κ2) is 6.00. The molecule has 0 heterocycles. The summed E-state index contributed by atoms with van der Waals surface area (Å²) in [5.74, 6) is 0. The van der Waals surface area contributed by atoms with Gasteiger partial charge in [-0.2, -0.15) is 0 Å². The van der Waals surface area contributed by atoms with Gasteiger partial charge in [-0.3, -0.25) is 0 Å². The number of hydrogen-bond donors (Lipinski definition) is 0. The van der Waals surface area contributed by atoms with Gasteiger partial charge >= 0.3 is 76.5 Å². The van der Waals surface area contributed by atoms with Gasteiger partial charge in [0.15, 0.2) is 0 Å². The van der Waals surface area contributed by atoms with Crippen LogP contribution in [0.15, 0.2) is 4.99 Å². The van der Waals surface area contributed by atoms with E-state index in [0.717, 1.165) is 19.6 Å². The first kappa shape index (κ1) is 10.3. The van der Waals surface area contributed by atoms with Crippen molar-refractivity contribution in [3.8, 4) is 0 Å². The van der Waals surface area contributed by atoms with Gasteiger partial charge in [-0.15, -0.1) is 0 Å². The Balaban J connectivity index is 3.87. The van der Waals surface area contributed by atoms with Gasteiger partial charge in [-0.25, -0.2) is 0 Å². The average molecular weight is 255 g/mol. The second-order valence-electron chi connectivity index (χ2n) is 1.93. The summed E-state index contributed by atoms with van der Waals surface area (Å²) in [5.41, 5.74) is 0. The summed E-state index contributed by atoms with van der Waals surface area (Å²) < 4.78 is 1.17. The fraction of sp³-hybridized carbons (Fsp3) is 0.857. The van der Waals surface area contributed by atoms with Crippen molar-refractivity contribution in [1.82, 2.24) is 4.90 Å². The van der Waals surface area contributed by atoms with Crippen LogP contribution >= 0.6 is 0 Å². The van der Waals surface area contributed by atoms with Crippen molar-refractivity contribution in [3.05, 3.63) is 0 Å². The summed E-state index contributed by atoms with van der Waals surface area (Å²) >= 11 is 1.99. The van der Waals surface area contributed by atoms with E-state index < -0.39 is 0 Å². The van der Waals surface area contributed by atoms with Crippen molar-refractivity contribution in [3.63, 3.8) is 0 Å². The molecule has 0 aliphatic heterocycles. The molecule has 0 amide bonds. The van der Waals surface area contributed by atoms with E-state index in [9.17, 15) is 0 Å². The van der Waals surface area contributed by atoms with Crippen molar-refractivity contribution < 1.29 is 0 Å². The van der Waals surface area contributed by atoms with E-state index in [1.54, 1.807) is 0 Å². The third-order valence-corrected chi connectivity index (χ3v) is 2.43. The van der Waals surface area contributed by atoms with Gasteiger partial charge in [0.2, 0.25) is 0 Å². The summed E-state index contributed by atoms with van der Waals surface area (Å²) in [6.45, 7) is 9.39. The first-order chi connectivity index (χ1) is 4.76. The predicted octanol–water partition coefficient (Wildman–Crippen LogP) is 0.873. The third kappa shape index (κ3) is 3.43. The quantitative estimate of drug-likeness (QED) is 0.415. The van der Waals surface area contributed by atoms with Crippen molar-refractivity contribution in [1.29, 1.82) is 0 Å². The van der Waals surface area contributed by atoms with Gasteiger partial charge in [-0.1, -0.05) is 0 Å². The predicted molar refractivity (Wildman–Crippen MR) is 46.7 cm³/mol. The Morgan fingerprint density at radius 3 is 2.10 bits per heavy atom. The summed E-state index contributed by atoms with van der Waals surface area (Å²) in [6, 6.07) is 0. The molecule has 0 atom stereocenters. The Morgan fingerprint density at radius 2 is 1.80 bits per heavy atom. The van der Waals surface area contributed by atoms with E-state index in [-0.39, 0.29) is 0 Å². The summed E-state index contributed by atoms with van der Waals surface area (Å²) in [5, 5.41) is 0. The molecule has 2 nitrogen and oxygen atoms in total. The zero-order valence-electron chi connectivity index (χ0n) is 6.92. The molecule has 10 heavy (non-hydrogen) atoms. The SMILES string of the molecule is CCN=C([Te])N(CC)CC. The van der Waals surface area contributed by atoms with Crippen LogP contribution in [0, 0.1) is 0 Å². The van der Waals surface area contributed by atoms with Crippen LogP contribution in [0.5, 0.6) is 0 Å². The summed E-state index contributed by atoms with van der Waals surface area (Å²) in [4.78, 5) is 6.57. The van der Waals surface area contributed by atoms with Crippen LogP contribution in [0.25, 0.3) is 0 Å². The fourth-order valence-electron chi connectivity index (χ4n) is 0.729. The molecule has 0 bridgehead atoms. The standard InChI is InChI=1S/C7H15N2Te/c1-4-8-7(10)9(5-2)6-3/h4-6H2,1-3H3. The first-order valence-corrected chi connectivity index (χ1v) is 4.89. The van der Waals surface area contributed by atoms with Gasteiger partial charge in [0.25, 0.3) is 0 Å². The van der Waals surface area contributed by atoms with Gasteiger partial charge in [-0.05, 0) is 0 Å². The van der Waals surface area contributed by atoms with Crippen molar-refractivity contribution in [2.45, 2.75) is 20.8 Å². The molecule has 0 saturated heterocycles. The van der Waals surface area contributed by atoms with E-state index >= 15 is 0 Å². The van der Waals surface area contributed by atoms with Crippen molar-refractivity contribution in [2.75, 3.05) is 19.6 Å². The minimum absolute atomic E-state index is 0.894. The Kier molecular flexibility index (Phi) is 6.16. The third-order valence-electron chi connectivity index (χ3n) is 1.33. The van der Waals surface area contributed by atoms with E-state index in [0.29, 0.717) is 0 Å². The fourth-order valence-corrected chi connectivity index (χ4v) is 1.83. The van der Waals surface area contributed by atoms with Gasteiger partial charge < -0.3 is 0 Å². The summed E-state index contributed by atoms with van der Waals surface area (Å²) in [6.07, 6.45) is 0. The Labute approximate surface area is 76.6 Å². The van der Waals surface area contributed by atoms with Crippen LogP contribution < -0.4 is 0 Å². The molecule has 0 fully saturated rings. The molecule has 0 aliphatic carbocycles. The first-order valence-electron chi connectivity index (χ1n) is 3.72. The number of hydrogen-bond acceptors (Lipinski definition) is 1. The second-order valence-corrected chi connectivity index (χ2v) is 2.97. The molecule has 0 aromatic heterocycles. The van der Waals surface area contributed by atoms with Crippen LogP contribution in [-0.2, 0) is 0 Å². The molecule has 0 aromatic rings. The number of amidine groups is 1.